The molecule has 13 heavy (non-hydrogen) atoms. The van der Waals surface area contributed by atoms with E-state index in [2.05, 4.69) is 0 Å². The maximum atomic E-state index is 10.4. The van der Waals surface area contributed by atoms with Gasteiger partial charge in [-0.2, -0.15) is 0 Å². The van der Waals surface area contributed by atoms with Crippen molar-refractivity contribution >= 4 is 17.6 Å². The highest BCUT2D eigenvalue weighted by Crippen LogP contribution is 2.23. The van der Waals surface area contributed by atoms with Crippen LogP contribution in [0.1, 0.15) is 17.2 Å². The van der Waals surface area contributed by atoms with E-state index in [1.807, 2.05) is 6.92 Å². The monoisotopic (exact) mass is 200 g/mol. The van der Waals surface area contributed by atoms with Crippen molar-refractivity contribution in [3.8, 4) is 0 Å². The molecule has 1 unspecified atom stereocenters. The Morgan fingerprint density at radius 3 is 2.62 bits per heavy atom. The number of rotatable bonds is 2. The Bertz CT molecular complexity index is 336. The van der Waals surface area contributed by atoms with Crippen molar-refractivity contribution in [1.82, 2.24) is 0 Å². The average Bonchev–Trinajstić information content (AvgIpc) is 2.03. The topological polar surface area (TPSA) is 57.5 Å². The van der Waals surface area contributed by atoms with Gasteiger partial charge < -0.3 is 10.2 Å². The number of carboxylic acid groups (broad SMARTS) is 1. The normalized spacial score (nSPS) is 12.5. The Kier molecular flexibility index (Phi) is 2.90. The number of halogens is 1. The summed E-state index contributed by atoms with van der Waals surface area (Å²) in [5.41, 5.74) is 1.14. The first kappa shape index (κ1) is 10.0. The minimum absolute atomic E-state index is 0.222. The zero-order valence-electron chi connectivity index (χ0n) is 6.99. The first-order valence-electron chi connectivity index (χ1n) is 3.69. The van der Waals surface area contributed by atoms with E-state index < -0.39 is 12.1 Å². The van der Waals surface area contributed by atoms with Crippen LogP contribution < -0.4 is 0 Å². The molecule has 0 amide bonds. The third kappa shape index (κ3) is 2.20. The van der Waals surface area contributed by atoms with Gasteiger partial charge in [0.1, 0.15) is 0 Å². The Hall–Kier alpha value is -1.06. The molecular formula is C9H9ClO3. The van der Waals surface area contributed by atoms with Gasteiger partial charge >= 0.3 is 5.97 Å². The minimum Gasteiger partial charge on any atom is -0.479 e. The zero-order chi connectivity index (χ0) is 10.0. The molecule has 0 aliphatic rings. The van der Waals surface area contributed by atoms with Crippen LogP contribution in [0.2, 0.25) is 5.02 Å². The lowest BCUT2D eigenvalue weighted by Crippen LogP contribution is -2.10. The van der Waals surface area contributed by atoms with Gasteiger partial charge in [-0.3, -0.25) is 0 Å². The van der Waals surface area contributed by atoms with Gasteiger partial charge in [0, 0.05) is 10.6 Å². The van der Waals surface area contributed by atoms with Crippen LogP contribution in [0.25, 0.3) is 0 Å². The maximum Gasteiger partial charge on any atom is 0.337 e. The van der Waals surface area contributed by atoms with Crippen molar-refractivity contribution in [2.75, 3.05) is 0 Å². The highest BCUT2D eigenvalue weighted by Gasteiger charge is 2.18. The summed E-state index contributed by atoms with van der Waals surface area (Å²) < 4.78 is 0. The van der Waals surface area contributed by atoms with Gasteiger partial charge in [0.25, 0.3) is 0 Å². The van der Waals surface area contributed by atoms with Gasteiger partial charge in [-0.25, -0.2) is 4.79 Å². The molecule has 0 aromatic heterocycles. The molecule has 3 nitrogen and oxygen atoms in total. The lowest BCUT2D eigenvalue weighted by Gasteiger charge is -2.08. The first-order chi connectivity index (χ1) is 6.02. The number of aryl methyl sites for hydroxylation is 1. The second-order valence-corrected chi connectivity index (χ2v) is 3.17. The number of hydrogen-bond donors (Lipinski definition) is 2. The summed E-state index contributed by atoms with van der Waals surface area (Å²) in [6, 6.07) is 4.83. The van der Waals surface area contributed by atoms with Crippen molar-refractivity contribution in [1.29, 1.82) is 0 Å². The minimum atomic E-state index is -1.55. The van der Waals surface area contributed by atoms with Crippen molar-refractivity contribution in [2.24, 2.45) is 0 Å². The van der Waals surface area contributed by atoms with Gasteiger partial charge in [0.2, 0.25) is 0 Å². The van der Waals surface area contributed by atoms with Crippen molar-refractivity contribution in [2.45, 2.75) is 13.0 Å². The molecule has 0 spiro atoms. The third-order valence-corrected chi connectivity index (χ3v) is 2.01. The Morgan fingerprint density at radius 2 is 2.15 bits per heavy atom. The molecule has 1 aromatic rings. The van der Waals surface area contributed by atoms with E-state index in [1.54, 1.807) is 12.1 Å². The predicted octanol–water partition coefficient (Wildman–Crippen LogP) is 1.77. The average molecular weight is 201 g/mol. The van der Waals surface area contributed by atoms with Gasteiger partial charge in [-0.1, -0.05) is 23.7 Å². The fraction of sp³-hybridized carbons (Fsp3) is 0.222. The molecule has 4 heteroatoms. The molecule has 1 aromatic carbocycles. The zero-order valence-corrected chi connectivity index (χ0v) is 7.75. The van der Waals surface area contributed by atoms with E-state index >= 15 is 0 Å². The van der Waals surface area contributed by atoms with Crippen LogP contribution in [0.15, 0.2) is 18.2 Å². The van der Waals surface area contributed by atoms with E-state index in [0.717, 1.165) is 5.56 Å². The molecule has 0 aliphatic heterocycles. The summed E-state index contributed by atoms with van der Waals surface area (Å²) in [7, 11) is 0. The van der Waals surface area contributed by atoms with Crippen LogP contribution in [-0.4, -0.2) is 16.2 Å². The Labute approximate surface area is 80.6 Å². The predicted molar refractivity (Wildman–Crippen MR) is 48.8 cm³/mol. The van der Waals surface area contributed by atoms with Crippen LogP contribution in [0, 0.1) is 6.92 Å². The summed E-state index contributed by atoms with van der Waals surface area (Å²) in [5, 5.41) is 18.0. The van der Waals surface area contributed by atoms with E-state index in [-0.39, 0.29) is 10.6 Å². The molecule has 1 rings (SSSR count). The molecule has 2 N–H and O–H groups in total. The molecule has 0 fully saturated rings. The van der Waals surface area contributed by atoms with Crippen LogP contribution >= 0.6 is 11.6 Å². The molecule has 0 heterocycles. The highest BCUT2D eigenvalue weighted by atomic mass is 35.5. The number of benzene rings is 1. The number of aliphatic hydroxyl groups is 1. The standard InChI is InChI=1S/C9H9ClO3/c1-5-2-3-6(7(10)4-5)8(11)9(12)13/h2-4,8,11H,1H3,(H,12,13). The van der Waals surface area contributed by atoms with Gasteiger partial charge in [0.15, 0.2) is 6.10 Å². The van der Waals surface area contributed by atoms with Crippen LogP contribution in [-0.2, 0) is 4.79 Å². The molecular weight excluding hydrogens is 192 g/mol. The fourth-order valence-electron chi connectivity index (χ4n) is 0.987. The Morgan fingerprint density at radius 1 is 1.54 bits per heavy atom. The largest absolute Gasteiger partial charge is 0.479 e. The molecule has 1 atom stereocenters. The summed E-state index contributed by atoms with van der Waals surface area (Å²) in [4.78, 5) is 10.4. The summed E-state index contributed by atoms with van der Waals surface area (Å²) >= 11 is 5.75. The van der Waals surface area contributed by atoms with E-state index in [1.165, 1.54) is 6.07 Å². The molecule has 0 saturated heterocycles. The van der Waals surface area contributed by atoms with Crippen molar-refractivity contribution < 1.29 is 15.0 Å². The third-order valence-electron chi connectivity index (χ3n) is 1.68. The van der Waals surface area contributed by atoms with Gasteiger partial charge in [0.05, 0.1) is 0 Å². The number of carbonyl (C=O) groups is 1. The second-order valence-electron chi connectivity index (χ2n) is 2.77. The number of aliphatic carboxylic acids is 1. The molecule has 70 valence electrons. The quantitative estimate of drug-likeness (QED) is 0.765. The van der Waals surface area contributed by atoms with Crippen LogP contribution in [0.3, 0.4) is 0 Å². The van der Waals surface area contributed by atoms with E-state index in [9.17, 15) is 9.90 Å². The molecule has 0 radical (unpaired) electrons. The molecule has 0 aliphatic carbocycles. The molecule has 0 bridgehead atoms. The summed E-state index contributed by atoms with van der Waals surface area (Å²) in [6.07, 6.45) is -1.55. The van der Waals surface area contributed by atoms with Crippen molar-refractivity contribution in [3.63, 3.8) is 0 Å². The lowest BCUT2D eigenvalue weighted by molar-refractivity contribution is -0.146. The van der Waals surface area contributed by atoms with E-state index in [4.69, 9.17) is 16.7 Å². The number of hydrogen-bond acceptors (Lipinski definition) is 2. The van der Waals surface area contributed by atoms with Crippen LogP contribution in [0.5, 0.6) is 0 Å². The summed E-state index contributed by atoms with van der Waals surface area (Å²) in [6.45, 7) is 1.84. The number of aliphatic hydroxyl groups excluding tert-OH is 1. The SMILES string of the molecule is Cc1ccc(C(O)C(=O)O)c(Cl)c1. The maximum absolute atomic E-state index is 10.4. The smallest absolute Gasteiger partial charge is 0.337 e. The van der Waals surface area contributed by atoms with Crippen molar-refractivity contribution in [3.05, 3.63) is 34.3 Å². The lowest BCUT2D eigenvalue weighted by atomic mass is 10.1. The van der Waals surface area contributed by atoms with Crippen LogP contribution in [0.4, 0.5) is 0 Å². The summed E-state index contributed by atoms with van der Waals surface area (Å²) in [5.74, 6) is -1.30. The second kappa shape index (κ2) is 3.77. The first-order valence-corrected chi connectivity index (χ1v) is 4.07. The fourth-order valence-corrected chi connectivity index (χ4v) is 1.33. The van der Waals surface area contributed by atoms with E-state index in [0.29, 0.717) is 0 Å². The molecule has 0 saturated carbocycles. The Balaban J connectivity index is 3.08. The van der Waals surface area contributed by atoms with Gasteiger partial charge in [-0.05, 0) is 18.6 Å². The highest BCUT2D eigenvalue weighted by molar-refractivity contribution is 6.31. The number of carboxylic acids is 1. The van der Waals surface area contributed by atoms with Gasteiger partial charge in [-0.15, -0.1) is 0 Å².